The Kier molecular flexibility index (Phi) is 7.73. The van der Waals surface area contributed by atoms with Gasteiger partial charge in [-0.25, -0.2) is 0 Å². The van der Waals surface area contributed by atoms with Gasteiger partial charge in [0.05, 0.1) is 24.4 Å². The van der Waals surface area contributed by atoms with E-state index in [1.54, 1.807) is 36.5 Å². The maximum Gasteiger partial charge on any atom is 0.255 e. The first kappa shape index (κ1) is 22.4. The SMILES string of the molecule is COc1cc(C(=O)Nc2cccc(OCc3ccccn3)c2)cc(Cl)c1OCC(C)C. The van der Waals surface area contributed by atoms with Crippen molar-refractivity contribution in [3.05, 3.63) is 77.1 Å². The molecule has 3 rings (SSSR count). The van der Waals surface area contributed by atoms with Crippen molar-refractivity contribution in [1.29, 1.82) is 0 Å². The van der Waals surface area contributed by atoms with Gasteiger partial charge in [0.2, 0.25) is 0 Å². The molecule has 0 aliphatic carbocycles. The van der Waals surface area contributed by atoms with Crippen LogP contribution in [0.4, 0.5) is 5.69 Å². The van der Waals surface area contributed by atoms with Crippen LogP contribution in [0.25, 0.3) is 0 Å². The maximum atomic E-state index is 12.8. The van der Waals surface area contributed by atoms with E-state index in [0.29, 0.717) is 52.7 Å². The highest BCUT2D eigenvalue weighted by Crippen LogP contribution is 2.37. The molecule has 0 bridgehead atoms. The van der Waals surface area contributed by atoms with Crippen LogP contribution in [0.5, 0.6) is 17.2 Å². The molecule has 0 aliphatic rings. The molecule has 0 aliphatic heterocycles. The van der Waals surface area contributed by atoms with Crippen LogP contribution in [0, 0.1) is 5.92 Å². The number of benzene rings is 2. The Morgan fingerprint density at radius 2 is 1.94 bits per heavy atom. The van der Waals surface area contributed by atoms with Crippen LogP contribution in [0.1, 0.15) is 29.9 Å². The van der Waals surface area contributed by atoms with Crippen molar-refractivity contribution < 1.29 is 19.0 Å². The number of nitrogens with one attached hydrogen (secondary N) is 1. The van der Waals surface area contributed by atoms with Crippen LogP contribution < -0.4 is 19.5 Å². The molecule has 6 nitrogen and oxygen atoms in total. The molecule has 1 amide bonds. The van der Waals surface area contributed by atoms with Crippen LogP contribution in [0.15, 0.2) is 60.8 Å². The van der Waals surface area contributed by atoms with Crippen molar-refractivity contribution in [2.75, 3.05) is 19.0 Å². The van der Waals surface area contributed by atoms with Gasteiger partial charge in [0, 0.05) is 23.5 Å². The number of amides is 1. The highest BCUT2D eigenvalue weighted by molar-refractivity contribution is 6.32. The van der Waals surface area contributed by atoms with E-state index in [4.69, 9.17) is 25.8 Å². The van der Waals surface area contributed by atoms with Gasteiger partial charge in [-0.05, 0) is 42.3 Å². The van der Waals surface area contributed by atoms with Crippen molar-refractivity contribution in [1.82, 2.24) is 4.98 Å². The van der Waals surface area contributed by atoms with E-state index < -0.39 is 0 Å². The van der Waals surface area contributed by atoms with Crippen LogP contribution in [0.3, 0.4) is 0 Å². The summed E-state index contributed by atoms with van der Waals surface area (Å²) < 4.78 is 16.9. The van der Waals surface area contributed by atoms with E-state index in [1.807, 2.05) is 38.1 Å². The number of rotatable bonds is 9. The van der Waals surface area contributed by atoms with Gasteiger partial charge in [-0.3, -0.25) is 9.78 Å². The first-order valence-electron chi connectivity index (χ1n) is 9.90. The number of anilines is 1. The molecule has 0 spiro atoms. The number of hydrogen-bond acceptors (Lipinski definition) is 5. The summed E-state index contributed by atoms with van der Waals surface area (Å²) in [5.74, 6) is 1.47. The van der Waals surface area contributed by atoms with Crippen molar-refractivity contribution in [3.8, 4) is 17.2 Å². The number of carbonyl (C=O) groups excluding carboxylic acids is 1. The highest BCUT2D eigenvalue weighted by Gasteiger charge is 2.17. The third-order valence-electron chi connectivity index (χ3n) is 4.26. The van der Waals surface area contributed by atoms with E-state index in [1.165, 1.54) is 7.11 Å². The number of halogens is 1. The Bertz CT molecular complexity index is 1030. The van der Waals surface area contributed by atoms with Gasteiger partial charge >= 0.3 is 0 Å². The van der Waals surface area contributed by atoms with E-state index in [0.717, 1.165) is 5.69 Å². The first-order chi connectivity index (χ1) is 15.0. The van der Waals surface area contributed by atoms with Gasteiger partial charge in [-0.15, -0.1) is 0 Å². The second-order valence-corrected chi connectivity index (χ2v) is 7.69. The first-order valence-corrected chi connectivity index (χ1v) is 10.3. The molecule has 7 heteroatoms. The standard InChI is InChI=1S/C24H25ClN2O4/c1-16(2)14-31-23-21(25)11-17(12-22(23)29-3)24(28)27-18-8-6-9-20(13-18)30-15-19-7-4-5-10-26-19/h4-13,16H,14-15H2,1-3H3,(H,27,28). The molecule has 2 aromatic carbocycles. The quantitative estimate of drug-likeness (QED) is 0.468. The number of nitrogens with zero attached hydrogens (tertiary/aromatic N) is 1. The van der Waals surface area contributed by atoms with Crippen molar-refractivity contribution in [2.24, 2.45) is 5.92 Å². The predicted octanol–water partition coefficient (Wildman–Crippen LogP) is 5.61. The molecule has 0 radical (unpaired) electrons. The monoisotopic (exact) mass is 440 g/mol. The summed E-state index contributed by atoms with van der Waals surface area (Å²) in [6.07, 6.45) is 1.72. The van der Waals surface area contributed by atoms with Crippen LogP contribution in [0.2, 0.25) is 5.02 Å². The second-order valence-electron chi connectivity index (χ2n) is 7.29. The Hall–Kier alpha value is -3.25. The van der Waals surface area contributed by atoms with Gasteiger partial charge in [-0.1, -0.05) is 37.6 Å². The third-order valence-corrected chi connectivity index (χ3v) is 4.54. The number of carbonyl (C=O) groups is 1. The summed E-state index contributed by atoms with van der Waals surface area (Å²) in [5.41, 5.74) is 1.77. The minimum absolute atomic E-state index is 0.317. The number of methoxy groups -OCH3 is 1. The van der Waals surface area contributed by atoms with E-state index >= 15 is 0 Å². The second kappa shape index (κ2) is 10.7. The summed E-state index contributed by atoms with van der Waals surface area (Å²) in [7, 11) is 1.51. The summed E-state index contributed by atoms with van der Waals surface area (Å²) in [4.78, 5) is 17.0. The molecule has 0 saturated heterocycles. The Morgan fingerprint density at radius 3 is 2.65 bits per heavy atom. The highest BCUT2D eigenvalue weighted by atomic mass is 35.5. The molecule has 31 heavy (non-hydrogen) atoms. The number of pyridine rings is 1. The van der Waals surface area contributed by atoms with Crippen molar-refractivity contribution >= 4 is 23.2 Å². The molecule has 0 unspecified atom stereocenters. The van der Waals surface area contributed by atoms with Gasteiger partial charge < -0.3 is 19.5 Å². The van der Waals surface area contributed by atoms with Crippen molar-refractivity contribution in [2.45, 2.75) is 20.5 Å². The zero-order valence-corrected chi connectivity index (χ0v) is 18.5. The molecule has 1 N–H and O–H groups in total. The molecule has 0 atom stereocenters. The smallest absolute Gasteiger partial charge is 0.255 e. The number of aromatic nitrogens is 1. The molecule has 1 aromatic heterocycles. The zero-order chi connectivity index (χ0) is 22.2. The Labute approximate surface area is 187 Å². The molecule has 3 aromatic rings. The van der Waals surface area contributed by atoms with E-state index in [2.05, 4.69) is 10.3 Å². The van der Waals surface area contributed by atoms with E-state index in [-0.39, 0.29) is 5.91 Å². The lowest BCUT2D eigenvalue weighted by Crippen LogP contribution is -2.13. The summed E-state index contributed by atoms with van der Waals surface area (Å²) in [6, 6.07) is 16.0. The lowest BCUT2D eigenvalue weighted by molar-refractivity contribution is 0.102. The molecule has 0 saturated carbocycles. The fraction of sp³-hybridized carbons (Fsp3) is 0.250. The summed E-state index contributed by atoms with van der Waals surface area (Å²) >= 11 is 6.36. The van der Waals surface area contributed by atoms with Gasteiger partial charge in [0.25, 0.3) is 5.91 Å². The molecule has 0 fully saturated rings. The minimum Gasteiger partial charge on any atom is -0.493 e. The lowest BCUT2D eigenvalue weighted by atomic mass is 10.1. The Balaban J connectivity index is 1.70. The summed E-state index contributed by atoms with van der Waals surface area (Å²) in [5, 5.41) is 3.17. The molecular formula is C24H25ClN2O4. The summed E-state index contributed by atoms with van der Waals surface area (Å²) in [6.45, 7) is 4.91. The third kappa shape index (κ3) is 6.36. The number of hydrogen-bond donors (Lipinski definition) is 1. The largest absolute Gasteiger partial charge is 0.493 e. The van der Waals surface area contributed by atoms with E-state index in [9.17, 15) is 4.79 Å². The van der Waals surface area contributed by atoms with Gasteiger partial charge in [0.1, 0.15) is 12.4 Å². The topological polar surface area (TPSA) is 69.7 Å². The van der Waals surface area contributed by atoms with Crippen LogP contribution >= 0.6 is 11.6 Å². The zero-order valence-electron chi connectivity index (χ0n) is 17.7. The average molecular weight is 441 g/mol. The maximum absolute atomic E-state index is 12.8. The fourth-order valence-corrected chi connectivity index (χ4v) is 3.01. The number of ether oxygens (including phenoxy) is 3. The van der Waals surface area contributed by atoms with Crippen molar-refractivity contribution in [3.63, 3.8) is 0 Å². The van der Waals surface area contributed by atoms with Gasteiger partial charge in [0.15, 0.2) is 11.5 Å². The lowest BCUT2D eigenvalue weighted by Gasteiger charge is -2.15. The fourth-order valence-electron chi connectivity index (χ4n) is 2.75. The van der Waals surface area contributed by atoms with Crippen LogP contribution in [-0.2, 0) is 6.61 Å². The normalized spacial score (nSPS) is 10.6. The van der Waals surface area contributed by atoms with Crippen LogP contribution in [-0.4, -0.2) is 24.6 Å². The molecule has 1 heterocycles. The molecular weight excluding hydrogens is 416 g/mol. The van der Waals surface area contributed by atoms with Gasteiger partial charge in [-0.2, -0.15) is 0 Å². The predicted molar refractivity (Wildman–Crippen MR) is 121 cm³/mol. The average Bonchev–Trinajstić information content (AvgIpc) is 2.77. The Morgan fingerprint density at radius 1 is 1.10 bits per heavy atom. The minimum atomic E-state index is -0.322. The molecule has 162 valence electrons.